The first-order valence-corrected chi connectivity index (χ1v) is 9.63. The Bertz CT molecular complexity index is 772. The molecule has 4 heteroatoms. The molecular formula is C23H27NO3. The van der Waals surface area contributed by atoms with Gasteiger partial charge in [0.05, 0.1) is 5.92 Å². The highest BCUT2D eigenvalue weighted by molar-refractivity contribution is 5.78. The summed E-state index contributed by atoms with van der Waals surface area (Å²) in [5, 5.41) is 0. The molecule has 0 bridgehead atoms. The number of rotatable bonds is 5. The molecule has 4 nitrogen and oxygen atoms in total. The fraction of sp³-hybridized carbons (Fsp3) is 0.391. The van der Waals surface area contributed by atoms with Gasteiger partial charge in [-0.05, 0) is 61.9 Å². The lowest BCUT2D eigenvalue weighted by Gasteiger charge is -2.31. The van der Waals surface area contributed by atoms with Gasteiger partial charge >= 0.3 is 5.97 Å². The number of likely N-dealkylation sites (tertiary alicyclic amines) is 1. The maximum atomic E-state index is 12.5. The number of ether oxygens (including phenoxy) is 1. The summed E-state index contributed by atoms with van der Waals surface area (Å²) in [6, 6.07) is 15.9. The lowest BCUT2D eigenvalue weighted by molar-refractivity contribution is -0.143. The van der Waals surface area contributed by atoms with E-state index >= 15 is 0 Å². The van der Waals surface area contributed by atoms with Crippen LogP contribution in [-0.4, -0.2) is 29.9 Å². The molecule has 0 unspecified atom stereocenters. The van der Waals surface area contributed by atoms with E-state index in [1.807, 2.05) is 61.2 Å². The zero-order valence-corrected chi connectivity index (χ0v) is 16.1. The number of hydrogen-bond acceptors (Lipinski definition) is 3. The van der Waals surface area contributed by atoms with Gasteiger partial charge < -0.3 is 9.64 Å². The van der Waals surface area contributed by atoms with Crippen molar-refractivity contribution in [3.63, 3.8) is 0 Å². The monoisotopic (exact) mass is 365 g/mol. The molecule has 3 rings (SSSR count). The Morgan fingerprint density at radius 2 is 1.63 bits per heavy atom. The summed E-state index contributed by atoms with van der Waals surface area (Å²) >= 11 is 0. The van der Waals surface area contributed by atoms with Crippen LogP contribution >= 0.6 is 0 Å². The van der Waals surface area contributed by atoms with E-state index in [0.29, 0.717) is 38.1 Å². The summed E-state index contributed by atoms with van der Waals surface area (Å²) in [5.74, 6) is 0.458. The van der Waals surface area contributed by atoms with Gasteiger partial charge in [0.2, 0.25) is 5.91 Å². The van der Waals surface area contributed by atoms with E-state index in [4.69, 9.17) is 4.74 Å². The second-order valence-electron chi connectivity index (χ2n) is 7.39. The van der Waals surface area contributed by atoms with Crippen LogP contribution in [0, 0.1) is 19.8 Å². The van der Waals surface area contributed by atoms with E-state index in [2.05, 4.69) is 6.07 Å². The molecule has 1 aliphatic rings. The minimum absolute atomic E-state index is 0.135. The number of piperidine rings is 1. The smallest absolute Gasteiger partial charge is 0.314 e. The topological polar surface area (TPSA) is 46.6 Å². The van der Waals surface area contributed by atoms with Crippen molar-refractivity contribution in [1.29, 1.82) is 0 Å². The molecule has 1 amide bonds. The fourth-order valence-electron chi connectivity index (χ4n) is 3.61. The van der Waals surface area contributed by atoms with Gasteiger partial charge in [-0.1, -0.05) is 36.4 Å². The average molecular weight is 365 g/mol. The maximum Gasteiger partial charge on any atom is 0.314 e. The van der Waals surface area contributed by atoms with Crippen molar-refractivity contribution in [2.24, 2.45) is 5.92 Å². The quantitative estimate of drug-likeness (QED) is 0.592. The number of aryl methyl sites for hydroxylation is 3. The highest BCUT2D eigenvalue weighted by Crippen LogP contribution is 2.23. The van der Waals surface area contributed by atoms with Gasteiger partial charge in [-0.2, -0.15) is 0 Å². The van der Waals surface area contributed by atoms with Gasteiger partial charge in [0.15, 0.2) is 0 Å². The highest BCUT2D eigenvalue weighted by atomic mass is 16.5. The molecule has 0 saturated carbocycles. The van der Waals surface area contributed by atoms with Crippen LogP contribution in [0.15, 0.2) is 48.5 Å². The summed E-state index contributed by atoms with van der Waals surface area (Å²) in [6.07, 6.45) is 2.61. The second kappa shape index (κ2) is 8.85. The van der Waals surface area contributed by atoms with Crippen LogP contribution < -0.4 is 4.74 Å². The van der Waals surface area contributed by atoms with E-state index in [1.54, 1.807) is 0 Å². The zero-order valence-electron chi connectivity index (χ0n) is 16.1. The van der Waals surface area contributed by atoms with E-state index in [0.717, 1.165) is 17.5 Å². The van der Waals surface area contributed by atoms with Gasteiger partial charge in [-0.25, -0.2) is 0 Å². The van der Waals surface area contributed by atoms with Gasteiger partial charge in [0.25, 0.3) is 0 Å². The van der Waals surface area contributed by atoms with Crippen molar-refractivity contribution >= 4 is 11.9 Å². The fourth-order valence-corrected chi connectivity index (χ4v) is 3.61. The third-order valence-electron chi connectivity index (χ3n) is 5.07. The van der Waals surface area contributed by atoms with E-state index in [9.17, 15) is 9.59 Å². The molecule has 1 saturated heterocycles. The molecule has 2 aromatic carbocycles. The van der Waals surface area contributed by atoms with Crippen molar-refractivity contribution < 1.29 is 14.3 Å². The highest BCUT2D eigenvalue weighted by Gasteiger charge is 2.28. The number of carbonyl (C=O) groups excluding carboxylic acids is 2. The maximum absolute atomic E-state index is 12.5. The molecule has 0 aliphatic carbocycles. The molecule has 0 atom stereocenters. The summed E-state index contributed by atoms with van der Waals surface area (Å²) in [4.78, 5) is 26.8. The molecule has 1 fully saturated rings. The van der Waals surface area contributed by atoms with Crippen LogP contribution in [0.5, 0.6) is 5.75 Å². The largest absolute Gasteiger partial charge is 0.426 e. The molecule has 0 N–H and O–H groups in total. The predicted molar refractivity (Wildman–Crippen MR) is 106 cm³/mol. The van der Waals surface area contributed by atoms with Crippen molar-refractivity contribution in [2.45, 2.75) is 39.5 Å². The first-order chi connectivity index (χ1) is 13.0. The zero-order chi connectivity index (χ0) is 19.2. The van der Waals surface area contributed by atoms with Crippen molar-refractivity contribution in [3.05, 3.63) is 65.2 Å². The Balaban J connectivity index is 1.46. The minimum atomic E-state index is -0.184. The average Bonchev–Trinajstić information content (AvgIpc) is 2.66. The van der Waals surface area contributed by atoms with Gasteiger partial charge in [0, 0.05) is 19.5 Å². The number of hydrogen-bond donors (Lipinski definition) is 0. The third-order valence-corrected chi connectivity index (χ3v) is 5.07. The van der Waals surface area contributed by atoms with Crippen LogP contribution in [0.1, 0.15) is 36.0 Å². The van der Waals surface area contributed by atoms with Crippen LogP contribution in [0.25, 0.3) is 0 Å². The van der Waals surface area contributed by atoms with Crippen LogP contribution in [0.4, 0.5) is 0 Å². The van der Waals surface area contributed by atoms with Gasteiger partial charge in [-0.15, -0.1) is 0 Å². The number of carbonyl (C=O) groups is 2. The Kier molecular flexibility index (Phi) is 6.28. The Morgan fingerprint density at radius 1 is 1.00 bits per heavy atom. The minimum Gasteiger partial charge on any atom is -0.426 e. The molecule has 0 aromatic heterocycles. The van der Waals surface area contributed by atoms with Crippen LogP contribution in [-0.2, 0) is 16.0 Å². The number of benzene rings is 2. The molecule has 2 aromatic rings. The van der Waals surface area contributed by atoms with Crippen molar-refractivity contribution in [2.75, 3.05) is 13.1 Å². The van der Waals surface area contributed by atoms with E-state index < -0.39 is 0 Å². The van der Waals surface area contributed by atoms with E-state index in [1.165, 1.54) is 5.56 Å². The van der Waals surface area contributed by atoms with Crippen LogP contribution in [0.3, 0.4) is 0 Å². The predicted octanol–water partition coefficient (Wildman–Crippen LogP) is 4.08. The lowest BCUT2D eigenvalue weighted by atomic mass is 9.96. The SMILES string of the molecule is Cc1cc(C)cc(OC(=O)C2CCN(C(=O)CCc3ccccc3)CC2)c1. The first-order valence-electron chi connectivity index (χ1n) is 9.63. The standard InChI is InChI=1S/C23H27NO3/c1-17-14-18(2)16-21(15-17)27-23(26)20-10-12-24(13-11-20)22(25)9-8-19-6-4-3-5-7-19/h3-7,14-16,20H,8-13H2,1-2H3. The summed E-state index contributed by atoms with van der Waals surface area (Å²) < 4.78 is 5.57. The molecule has 0 spiro atoms. The molecule has 1 aliphatic heterocycles. The Hall–Kier alpha value is -2.62. The number of esters is 1. The van der Waals surface area contributed by atoms with Crippen LogP contribution in [0.2, 0.25) is 0 Å². The molecule has 0 radical (unpaired) electrons. The normalized spacial score (nSPS) is 14.8. The van der Waals surface area contributed by atoms with E-state index in [-0.39, 0.29) is 17.8 Å². The molecule has 1 heterocycles. The molecule has 142 valence electrons. The summed E-state index contributed by atoms with van der Waals surface area (Å²) in [5.41, 5.74) is 3.34. The van der Waals surface area contributed by atoms with Crippen molar-refractivity contribution in [3.8, 4) is 5.75 Å². The van der Waals surface area contributed by atoms with Gasteiger partial charge in [0.1, 0.15) is 5.75 Å². The third kappa shape index (κ3) is 5.43. The summed E-state index contributed by atoms with van der Waals surface area (Å²) in [7, 11) is 0. The Morgan fingerprint density at radius 3 is 2.26 bits per heavy atom. The van der Waals surface area contributed by atoms with Gasteiger partial charge in [-0.3, -0.25) is 9.59 Å². The first kappa shape index (κ1) is 19.2. The number of nitrogens with zero attached hydrogens (tertiary/aromatic N) is 1. The van der Waals surface area contributed by atoms with Crippen molar-refractivity contribution in [1.82, 2.24) is 4.90 Å². The molecular weight excluding hydrogens is 338 g/mol. The second-order valence-corrected chi connectivity index (χ2v) is 7.39. The summed E-state index contributed by atoms with van der Waals surface area (Å²) in [6.45, 7) is 5.23. The Labute approximate surface area is 161 Å². The molecule has 27 heavy (non-hydrogen) atoms. The lowest BCUT2D eigenvalue weighted by Crippen LogP contribution is -2.41. The number of amides is 1.